The molecule has 0 bridgehead atoms. The Morgan fingerprint density at radius 1 is 1.13 bits per heavy atom. The summed E-state index contributed by atoms with van der Waals surface area (Å²) in [4.78, 5) is -0.156. The maximum Gasteiger partial charge on any atom is 0.186 e. The van der Waals surface area contributed by atoms with E-state index in [4.69, 9.17) is 3.83 Å². The zero-order valence-electron chi connectivity index (χ0n) is 12.0. The molecule has 0 radical (unpaired) electrons. The maximum absolute atomic E-state index is 9.54. The van der Waals surface area contributed by atoms with Gasteiger partial charge < -0.3 is 5.11 Å². The Bertz CT molecular complexity index is 680. The van der Waals surface area contributed by atoms with Crippen molar-refractivity contribution in [2.24, 2.45) is 0 Å². The topological polar surface area (TPSA) is 29.5 Å². The molecule has 0 spiro atoms. The summed E-state index contributed by atoms with van der Waals surface area (Å²) in [5.74, 6) is 0.252. The highest BCUT2D eigenvalue weighted by molar-refractivity contribution is 9.17. The first kappa shape index (κ1) is 20.6. The molecule has 2 unspecified atom stereocenters. The van der Waals surface area contributed by atoms with E-state index < -0.39 is 4.51 Å². The monoisotopic (exact) mass is 698 g/mol. The van der Waals surface area contributed by atoms with E-state index in [0.717, 1.165) is 24.6 Å². The Kier molecular flexibility index (Phi) is 6.76. The normalized spacial score (nSPS) is 26.0. The molecule has 0 aromatic heterocycles. The van der Waals surface area contributed by atoms with E-state index in [9.17, 15) is 5.11 Å². The van der Waals surface area contributed by atoms with Crippen LogP contribution in [0.5, 0.6) is 5.75 Å². The molecule has 0 heterocycles. The van der Waals surface area contributed by atoms with Crippen LogP contribution in [-0.4, -0.2) is 14.4 Å². The minimum Gasteiger partial charge on any atom is -0.508 e. The summed E-state index contributed by atoms with van der Waals surface area (Å²) in [7, 11) is 0. The fourth-order valence-corrected chi connectivity index (χ4v) is 7.90. The third kappa shape index (κ3) is 3.60. The van der Waals surface area contributed by atoms with E-state index in [2.05, 4.69) is 110 Å². The lowest BCUT2D eigenvalue weighted by Gasteiger charge is -2.40. The van der Waals surface area contributed by atoms with Gasteiger partial charge in [-0.25, -0.2) is 0 Å². The number of alkyl halides is 2. The van der Waals surface area contributed by atoms with Gasteiger partial charge >= 0.3 is 0 Å². The van der Waals surface area contributed by atoms with Crippen molar-refractivity contribution >= 4 is 95.9 Å². The van der Waals surface area contributed by atoms with Crippen molar-refractivity contribution in [3.05, 3.63) is 48.8 Å². The number of allylic oxidation sites excluding steroid dienone is 2. The van der Waals surface area contributed by atoms with Gasteiger partial charge in [-0.1, -0.05) is 73.8 Å². The standard InChI is InChI=1S/C15H12Br6O2/c1-14(2,7-3-5-8(22)6-4-7)9-10(16)12(18)15(20,23-21)13(19)11(9)17/h3-6,12,22H,1-2H3. The molecule has 1 aliphatic carbocycles. The molecule has 23 heavy (non-hydrogen) atoms. The summed E-state index contributed by atoms with van der Waals surface area (Å²) in [6, 6.07) is 7.25. The van der Waals surface area contributed by atoms with Gasteiger partial charge in [-0.2, -0.15) is 0 Å². The second-order valence-electron chi connectivity index (χ2n) is 5.61. The molecule has 1 aromatic rings. The Hall–Kier alpha value is 1.34. The molecule has 2 rings (SSSR count). The van der Waals surface area contributed by atoms with Crippen molar-refractivity contribution in [2.45, 2.75) is 28.6 Å². The highest BCUT2D eigenvalue weighted by Gasteiger charge is 2.49. The average Bonchev–Trinajstić information content (AvgIpc) is 2.51. The fraction of sp³-hybridized carbons (Fsp3) is 0.333. The molecule has 2 nitrogen and oxygen atoms in total. The van der Waals surface area contributed by atoms with Crippen LogP contribution in [0.1, 0.15) is 19.4 Å². The van der Waals surface area contributed by atoms with Crippen LogP contribution in [0.2, 0.25) is 0 Å². The molecule has 1 N–H and O–H groups in total. The smallest absolute Gasteiger partial charge is 0.186 e. The van der Waals surface area contributed by atoms with Gasteiger partial charge in [0, 0.05) is 14.4 Å². The minimum atomic E-state index is -0.779. The zero-order valence-corrected chi connectivity index (χ0v) is 21.5. The van der Waals surface area contributed by atoms with Crippen LogP contribution in [0.25, 0.3) is 0 Å². The molecule has 0 fully saturated rings. The highest BCUT2D eigenvalue weighted by atomic mass is 79.9. The maximum atomic E-state index is 9.54. The number of hydrogen-bond acceptors (Lipinski definition) is 2. The van der Waals surface area contributed by atoms with E-state index in [1.54, 1.807) is 12.1 Å². The van der Waals surface area contributed by atoms with E-state index in [1.807, 2.05) is 12.1 Å². The van der Waals surface area contributed by atoms with Crippen LogP contribution in [-0.2, 0) is 9.24 Å². The van der Waals surface area contributed by atoms with Crippen LogP contribution in [0.4, 0.5) is 0 Å². The molecule has 0 amide bonds. The number of phenols is 1. The SMILES string of the molecule is CC(C)(C1=C(Br)C(Br)C(Br)(OBr)C(Br)=C1Br)c1ccc(O)cc1. The van der Waals surface area contributed by atoms with Gasteiger partial charge in [0.25, 0.3) is 0 Å². The number of rotatable bonds is 3. The molecule has 0 saturated carbocycles. The number of phenolic OH excluding ortho intramolecular Hbond substituents is 1. The van der Waals surface area contributed by atoms with Gasteiger partial charge in [0.1, 0.15) is 22.0 Å². The fourth-order valence-electron chi connectivity index (χ4n) is 2.43. The summed E-state index contributed by atoms with van der Waals surface area (Å²) in [6.07, 6.45) is 0. The molecule has 8 heteroatoms. The second kappa shape index (κ2) is 7.53. The lowest BCUT2D eigenvalue weighted by molar-refractivity contribution is 0.289. The number of aromatic hydroxyl groups is 1. The van der Waals surface area contributed by atoms with Crippen molar-refractivity contribution in [3.8, 4) is 5.75 Å². The number of benzene rings is 1. The third-order valence-corrected chi connectivity index (χ3v) is 11.8. The van der Waals surface area contributed by atoms with Gasteiger partial charge in [0.15, 0.2) is 4.51 Å². The van der Waals surface area contributed by atoms with Gasteiger partial charge in [-0.05, 0) is 55.1 Å². The molecule has 1 aromatic carbocycles. The Balaban J connectivity index is 2.64. The average molecular weight is 704 g/mol. The number of halogens is 6. The molecule has 1 aliphatic rings. The molecule has 126 valence electrons. The highest BCUT2D eigenvalue weighted by Crippen LogP contribution is 2.57. The van der Waals surface area contributed by atoms with E-state index in [1.165, 1.54) is 0 Å². The molecular weight excluding hydrogens is 692 g/mol. The lowest BCUT2D eigenvalue weighted by atomic mass is 9.75. The summed E-state index contributed by atoms with van der Waals surface area (Å²) in [5.41, 5.74) is 1.86. The predicted molar refractivity (Wildman–Crippen MR) is 116 cm³/mol. The van der Waals surface area contributed by atoms with E-state index in [0.29, 0.717) is 0 Å². The van der Waals surface area contributed by atoms with Gasteiger partial charge in [-0.3, -0.25) is 3.83 Å². The zero-order chi connectivity index (χ0) is 17.6. The van der Waals surface area contributed by atoms with Crippen LogP contribution >= 0.6 is 95.9 Å². The molecule has 2 atom stereocenters. The Morgan fingerprint density at radius 3 is 2.13 bits per heavy atom. The van der Waals surface area contributed by atoms with Gasteiger partial charge in [-0.15, -0.1) is 0 Å². The van der Waals surface area contributed by atoms with Crippen molar-refractivity contribution in [1.29, 1.82) is 0 Å². The third-order valence-electron chi connectivity index (χ3n) is 3.83. The Labute approximate surface area is 186 Å². The molecular formula is C15H12Br6O2. The Morgan fingerprint density at radius 2 is 1.65 bits per heavy atom. The molecule has 0 aliphatic heterocycles. The first-order valence-electron chi connectivity index (χ1n) is 6.45. The minimum absolute atomic E-state index is 0.156. The van der Waals surface area contributed by atoms with Crippen LogP contribution in [0, 0.1) is 0 Å². The van der Waals surface area contributed by atoms with E-state index in [-0.39, 0.29) is 16.0 Å². The van der Waals surface area contributed by atoms with Crippen molar-refractivity contribution < 1.29 is 8.93 Å². The van der Waals surface area contributed by atoms with Crippen molar-refractivity contribution in [1.82, 2.24) is 0 Å². The van der Waals surface area contributed by atoms with Crippen LogP contribution in [0.3, 0.4) is 0 Å². The quantitative estimate of drug-likeness (QED) is 0.331. The second-order valence-corrected chi connectivity index (χ2v) is 10.5. The summed E-state index contributed by atoms with van der Waals surface area (Å²) < 4.78 is 7.38. The van der Waals surface area contributed by atoms with Gasteiger partial charge in [0.05, 0.1) is 9.31 Å². The number of hydrogen-bond donors (Lipinski definition) is 1. The van der Waals surface area contributed by atoms with Crippen LogP contribution < -0.4 is 0 Å². The molecule has 0 saturated heterocycles. The summed E-state index contributed by atoms with van der Waals surface area (Å²) in [6.45, 7) is 4.26. The lowest BCUT2D eigenvalue weighted by Crippen LogP contribution is -2.39. The largest absolute Gasteiger partial charge is 0.508 e. The van der Waals surface area contributed by atoms with Crippen LogP contribution in [0.15, 0.2) is 43.3 Å². The van der Waals surface area contributed by atoms with Crippen molar-refractivity contribution in [2.75, 3.05) is 0 Å². The first-order chi connectivity index (χ1) is 10.6. The summed E-state index contributed by atoms with van der Waals surface area (Å²) in [5, 5.41) is 9.54. The van der Waals surface area contributed by atoms with Gasteiger partial charge in [0.2, 0.25) is 0 Å². The van der Waals surface area contributed by atoms with Crippen molar-refractivity contribution in [3.63, 3.8) is 0 Å². The van der Waals surface area contributed by atoms with E-state index >= 15 is 0 Å². The summed E-state index contributed by atoms with van der Waals surface area (Å²) >= 11 is 21.4. The predicted octanol–water partition coefficient (Wildman–Crippen LogP) is 7.52. The first-order valence-corrected chi connectivity index (χ1v) is 11.2.